The molecule has 0 bridgehead atoms. The van der Waals surface area contributed by atoms with Crippen LogP contribution in [0.15, 0.2) is 60.7 Å². The molecule has 0 aliphatic rings. The first-order valence-electron chi connectivity index (χ1n) is 10.6. The number of aliphatic hydroxyl groups excluding tert-OH is 1. The van der Waals surface area contributed by atoms with Crippen LogP contribution in [-0.2, 0) is 37.2 Å². The third-order valence-corrected chi connectivity index (χ3v) is 6.64. The Morgan fingerprint density at radius 1 is 0.914 bits per heavy atom. The molecule has 35 heavy (non-hydrogen) atoms. The van der Waals surface area contributed by atoms with Crippen molar-refractivity contribution in [2.24, 2.45) is 0 Å². The first-order chi connectivity index (χ1) is 16.5. The maximum Gasteiger partial charge on any atom is 0.414 e. The lowest BCUT2D eigenvalue weighted by Gasteiger charge is -2.19. The van der Waals surface area contributed by atoms with E-state index in [0.29, 0.717) is 11.1 Å². The zero-order valence-electron chi connectivity index (χ0n) is 18.7. The van der Waals surface area contributed by atoms with Crippen molar-refractivity contribution in [3.63, 3.8) is 0 Å². The van der Waals surface area contributed by atoms with Crippen molar-refractivity contribution in [3.05, 3.63) is 71.8 Å². The van der Waals surface area contributed by atoms with E-state index in [0.717, 1.165) is 0 Å². The number of esters is 1. The van der Waals surface area contributed by atoms with Crippen LogP contribution in [0.25, 0.3) is 0 Å². The number of ether oxygens (including phenoxy) is 2. The fraction of sp³-hybridized carbons (Fsp3) is 0.391. The Morgan fingerprint density at radius 3 is 1.91 bits per heavy atom. The zero-order chi connectivity index (χ0) is 25.9. The SMILES string of the molecule is N=S(=O)(CC[C@H](NC(=O)OCc1ccccc1)C(=O)OCc1ccccc1)CC[C@H](O)C(F)(F)F. The summed E-state index contributed by atoms with van der Waals surface area (Å²) in [6.45, 7) is -0.187. The smallest absolute Gasteiger partial charge is 0.414 e. The van der Waals surface area contributed by atoms with Crippen LogP contribution in [-0.4, -0.2) is 51.2 Å². The molecule has 0 fully saturated rings. The first-order valence-corrected chi connectivity index (χ1v) is 12.5. The van der Waals surface area contributed by atoms with Crippen LogP contribution in [0, 0.1) is 4.78 Å². The fourth-order valence-electron chi connectivity index (χ4n) is 2.86. The van der Waals surface area contributed by atoms with E-state index in [2.05, 4.69) is 5.32 Å². The number of carbonyl (C=O) groups excluding carboxylic acids is 2. The maximum atomic E-state index is 12.6. The van der Waals surface area contributed by atoms with E-state index in [1.54, 1.807) is 60.7 Å². The van der Waals surface area contributed by atoms with Crippen LogP contribution in [0.4, 0.5) is 18.0 Å². The van der Waals surface area contributed by atoms with Gasteiger partial charge in [0.1, 0.15) is 19.3 Å². The molecule has 3 N–H and O–H groups in total. The number of carbonyl (C=O) groups is 2. The Labute approximate surface area is 201 Å². The first kappa shape index (κ1) is 28.1. The molecule has 192 valence electrons. The summed E-state index contributed by atoms with van der Waals surface area (Å²) in [5.41, 5.74) is 1.37. The molecule has 0 aromatic heterocycles. The van der Waals surface area contributed by atoms with Crippen molar-refractivity contribution in [2.45, 2.75) is 44.4 Å². The summed E-state index contributed by atoms with van der Waals surface area (Å²) in [5.74, 6) is -2.10. The maximum absolute atomic E-state index is 12.6. The Morgan fingerprint density at radius 2 is 1.40 bits per heavy atom. The van der Waals surface area contributed by atoms with Gasteiger partial charge < -0.3 is 19.9 Å². The molecule has 1 amide bonds. The van der Waals surface area contributed by atoms with Gasteiger partial charge in [-0.3, -0.25) is 4.78 Å². The van der Waals surface area contributed by atoms with Crippen molar-refractivity contribution >= 4 is 21.8 Å². The summed E-state index contributed by atoms with van der Waals surface area (Å²) >= 11 is 0. The van der Waals surface area contributed by atoms with Gasteiger partial charge in [0.2, 0.25) is 0 Å². The highest BCUT2D eigenvalue weighted by atomic mass is 32.2. The molecular formula is C23H27F3N2O6S. The Hall–Kier alpha value is -3.12. The van der Waals surface area contributed by atoms with Crippen LogP contribution < -0.4 is 5.32 Å². The van der Waals surface area contributed by atoms with Crippen molar-refractivity contribution in [2.75, 3.05) is 11.5 Å². The van der Waals surface area contributed by atoms with Gasteiger partial charge in [0, 0.05) is 21.2 Å². The van der Waals surface area contributed by atoms with Crippen molar-refractivity contribution in [1.82, 2.24) is 5.32 Å². The second kappa shape index (κ2) is 13.1. The summed E-state index contributed by atoms with van der Waals surface area (Å²) in [5, 5.41) is 11.4. The van der Waals surface area contributed by atoms with Gasteiger partial charge in [-0.1, -0.05) is 60.7 Å². The van der Waals surface area contributed by atoms with Gasteiger partial charge in [0.15, 0.2) is 6.10 Å². The lowest BCUT2D eigenvalue weighted by Crippen LogP contribution is -2.43. The van der Waals surface area contributed by atoms with Gasteiger partial charge in [0.25, 0.3) is 0 Å². The van der Waals surface area contributed by atoms with Crippen LogP contribution in [0.3, 0.4) is 0 Å². The summed E-state index contributed by atoms with van der Waals surface area (Å²) in [7, 11) is -3.58. The highest BCUT2D eigenvalue weighted by Crippen LogP contribution is 2.23. The van der Waals surface area contributed by atoms with Gasteiger partial charge in [0.05, 0.1) is 0 Å². The molecule has 0 heterocycles. The van der Waals surface area contributed by atoms with E-state index < -0.39 is 58.0 Å². The minimum atomic E-state index is -4.89. The van der Waals surface area contributed by atoms with Gasteiger partial charge in [-0.2, -0.15) is 13.2 Å². The van der Waals surface area contributed by atoms with Gasteiger partial charge in [-0.15, -0.1) is 0 Å². The summed E-state index contributed by atoms with van der Waals surface area (Å²) in [4.78, 5) is 24.8. The number of benzene rings is 2. The second-order valence-electron chi connectivity index (χ2n) is 7.71. The van der Waals surface area contributed by atoms with Crippen LogP contribution in [0.2, 0.25) is 0 Å². The number of halogens is 3. The van der Waals surface area contributed by atoms with Crippen LogP contribution in [0.1, 0.15) is 24.0 Å². The Kier molecular flexibility index (Phi) is 10.5. The number of hydrogen-bond acceptors (Lipinski definition) is 7. The normalized spacial score (nSPS) is 14.9. The number of rotatable bonds is 12. The average molecular weight is 517 g/mol. The highest BCUT2D eigenvalue weighted by molar-refractivity contribution is 7.92. The predicted octanol–water partition coefficient (Wildman–Crippen LogP) is 3.77. The quantitative estimate of drug-likeness (QED) is 0.369. The predicted molar refractivity (Wildman–Crippen MR) is 122 cm³/mol. The molecule has 0 spiro atoms. The second-order valence-corrected chi connectivity index (χ2v) is 10.1. The molecule has 2 aromatic rings. The van der Waals surface area contributed by atoms with Crippen molar-refractivity contribution < 1.29 is 41.5 Å². The molecule has 1 unspecified atom stereocenters. The van der Waals surface area contributed by atoms with E-state index in [4.69, 9.17) is 19.4 Å². The van der Waals surface area contributed by atoms with Crippen LogP contribution in [0.5, 0.6) is 0 Å². The molecular weight excluding hydrogens is 489 g/mol. The highest BCUT2D eigenvalue weighted by Gasteiger charge is 2.38. The number of nitrogens with one attached hydrogen (secondary N) is 2. The van der Waals surface area contributed by atoms with E-state index in [9.17, 15) is 27.0 Å². The molecule has 0 saturated heterocycles. The minimum absolute atomic E-state index is 0.0804. The topological polar surface area (TPSA) is 126 Å². The average Bonchev–Trinajstić information content (AvgIpc) is 2.83. The fourth-order valence-corrected chi connectivity index (χ4v) is 4.29. The zero-order valence-corrected chi connectivity index (χ0v) is 19.5. The largest absolute Gasteiger partial charge is 0.459 e. The van der Waals surface area contributed by atoms with E-state index >= 15 is 0 Å². The third-order valence-electron chi connectivity index (χ3n) is 4.85. The van der Waals surface area contributed by atoms with E-state index in [1.165, 1.54) is 0 Å². The number of alkyl carbamates (subject to hydrolysis) is 1. The van der Waals surface area contributed by atoms with Gasteiger partial charge in [-0.05, 0) is 24.0 Å². The van der Waals surface area contributed by atoms with Gasteiger partial charge >= 0.3 is 18.2 Å². The Bertz CT molecular complexity index is 1050. The monoisotopic (exact) mass is 516 g/mol. The molecule has 2 aromatic carbocycles. The van der Waals surface area contributed by atoms with Crippen LogP contribution >= 0.6 is 0 Å². The lowest BCUT2D eigenvalue weighted by atomic mass is 10.2. The Balaban J connectivity index is 1.98. The third kappa shape index (κ3) is 10.8. The lowest BCUT2D eigenvalue weighted by molar-refractivity contribution is -0.203. The van der Waals surface area contributed by atoms with E-state index in [-0.39, 0.29) is 19.6 Å². The number of hydrogen-bond donors (Lipinski definition) is 3. The number of amides is 1. The molecule has 2 rings (SSSR count). The molecule has 12 heteroatoms. The summed E-state index contributed by atoms with van der Waals surface area (Å²) in [6, 6.07) is 16.1. The molecule has 0 aliphatic heterocycles. The van der Waals surface area contributed by atoms with Gasteiger partial charge in [-0.25, -0.2) is 13.8 Å². The van der Waals surface area contributed by atoms with Crippen molar-refractivity contribution in [1.29, 1.82) is 4.78 Å². The molecule has 0 saturated carbocycles. The summed E-state index contributed by atoms with van der Waals surface area (Å²) < 4.78 is 68.0. The minimum Gasteiger partial charge on any atom is -0.459 e. The molecule has 0 aliphatic carbocycles. The molecule has 8 nitrogen and oxygen atoms in total. The van der Waals surface area contributed by atoms with E-state index in [1.807, 2.05) is 0 Å². The number of aliphatic hydroxyl groups is 1. The molecule has 0 radical (unpaired) electrons. The number of alkyl halides is 3. The summed E-state index contributed by atoms with van der Waals surface area (Å²) in [6.07, 6.45) is -9.80. The standard InChI is InChI=1S/C23H27F3N2O6S/c24-23(25,26)20(29)12-14-35(27,32)13-11-19(21(30)33-15-17-7-3-1-4-8-17)28-22(31)34-16-18-9-5-2-6-10-18/h1-10,19-20,27,29H,11-16H2,(H,28,31)/t19-,20-,35?/m0/s1. The van der Waals surface area contributed by atoms with Crippen molar-refractivity contribution in [3.8, 4) is 0 Å². The molecule has 3 atom stereocenters.